The summed E-state index contributed by atoms with van der Waals surface area (Å²) in [5.74, 6) is 0. The second kappa shape index (κ2) is 3.46. The lowest BCUT2D eigenvalue weighted by molar-refractivity contribution is -0.251. The fourth-order valence-electron chi connectivity index (χ4n) is 3.98. The van der Waals surface area contributed by atoms with Crippen LogP contribution in [0.25, 0.3) is 0 Å². The first-order valence-corrected chi connectivity index (χ1v) is 6.99. The minimum absolute atomic E-state index is 0.0282. The number of nitrogens with one attached hydrogen (secondary N) is 1. The van der Waals surface area contributed by atoms with Crippen molar-refractivity contribution in [2.45, 2.75) is 76.5 Å². The van der Waals surface area contributed by atoms with Crippen molar-refractivity contribution in [3.8, 4) is 0 Å². The zero-order valence-corrected chi connectivity index (χ0v) is 10.8. The lowest BCUT2D eigenvalue weighted by Gasteiger charge is -2.56. The second-order valence-corrected chi connectivity index (χ2v) is 7.00. The van der Waals surface area contributed by atoms with Crippen molar-refractivity contribution >= 4 is 0 Å². The first kappa shape index (κ1) is 11.0. The molecule has 2 spiro atoms. The Labute approximate surface area is 99.1 Å². The van der Waals surface area contributed by atoms with Crippen molar-refractivity contribution in [3.05, 3.63) is 0 Å². The Morgan fingerprint density at radius 1 is 0.938 bits per heavy atom. The fourth-order valence-corrected chi connectivity index (χ4v) is 3.98. The van der Waals surface area contributed by atoms with Gasteiger partial charge in [0.25, 0.3) is 0 Å². The van der Waals surface area contributed by atoms with Crippen molar-refractivity contribution in [3.63, 3.8) is 0 Å². The Bertz CT molecular complexity index is 278. The van der Waals surface area contributed by atoms with Crippen LogP contribution in [0.5, 0.6) is 0 Å². The highest BCUT2D eigenvalue weighted by Crippen LogP contribution is 2.50. The summed E-state index contributed by atoms with van der Waals surface area (Å²) < 4.78 is 6.56. The third-order valence-corrected chi connectivity index (χ3v) is 4.90. The molecule has 0 radical (unpaired) electrons. The molecule has 0 bridgehead atoms. The van der Waals surface area contributed by atoms with Gasteiger partial charge in [0.2, 0.25) is 0 Å². The molecular formula is C14H25NO. The van der Waals surface area contributed by atoms with Gasteiger partial charge in [-0.1, -0.05) is 13.8 Å². The molecular weight excluding hydrogens is 198 g/mol. The minimum Gasteiger partial charge on any atom is -0.354 e. The van der Waals surface area contributed by atoms with Gasteiger partial charge in [-0.3, -0.25) is 5.32 Å². The molecule has 1 unspecified atom stereocenters. The molecule has 3 fully saturated rings. The van der Waals surface area contributed by atoms with Crippen LogP contribution in [-0.4, -0.2) is 17.9 Å². The average molecular weight is 223 g/mol. The van der Waals surface area contributed by atoms with E-state index in [-0.39, 0.29) is 11.3 Å². The van der Waals surface area contributed by atoms with Gasteiger partial charge in [-0.05, 0) is 56.8 Å². The summed E-state index contributed by atoms with van der Waals surface area (Å²) in [6.07, 6.45) is 10.3. The predicted molar refractivity (Wildman–Crippen MR) is 65.3 cm³/mol. The molecule has 16 heavy (non-hydrogen) atoms. The zero-order chi connectivity index (χ0) is 11.3. The molecule has 1 aliphatic heterocycles. The third-order valence-electron chi connectivity index (χ3n) is 4.90. The largest absolute Gasteiger partial charge is 0.354 e. The zero-order valence-electron chi connectivity index (χ0n) is 10.8. The van der Waals surface area contributed by atoms with Crippen LogP contribution in [0.15, 0.2) is 0 Å². The molecule has 0 aromatic carbocycles. The standard InChI is InChI=1S/C14H25NO/c1-12(2)5-3-8-14(11-12)15-10-9-13(16-14)6-4-7-13/h15H,3-11H2,1-2H3. The van der Waals surface area contributed by atoms with E-state index < -0.39 is 0 Å². The number of rotatable bonds is 0. The molecule has 0 amide bonds. The van der Waals surface area contributed by atoms with Crippen molar-refractivity contribution in [1.29, 1.82) is 0 Å². The van der Waals surface area contributed by atoms with Gasteiger partial charge in [0, 0.05) is 6.54 Å². The molecule has 0 aromatic rings. The Hall–Kier alpha value is -0.0800. The predicted octanol–water partition coefficient (Wildman–Crippen LogP) is 3.22. The summed E-state index contributed by atoms with van der Waals surface area (Å²) in [5, 5.41) is 3.69. The van der Waals surface area contributed by atoms with E-state index in [4.69, 9.17) is 4.74 Å². The maximum Gasteiger partial charge on any atom is 0.120 e. The van der Waals surface area contributed by atoms with Gasteiger partial charge in [-0.2, -0.15) is 0 Å². The first-order chi connectivity index (χ1) is 7.54. The number of ether oxygens (including phenoxy) is 1. The minimum atomic E-state index is 0.0282. The van der Waals surface area contributed by atoms with Crippen LogP contribution < -0.4 is 5.32 Å². The van der Waals surface area contributed by atoms with Crippen molar-refractivity contribution in [1.82, 2.24) is 5.32 Å². The van der Waals surface area contributed by atoms with E-state index in [2.05, 4.69) is 19.2 Å². The monoisotopic (exact) mass is 223 g/mol. The van der Waals surface area contributed by atoms with E-state index in [1.807, 2.05) is 0 Å². The summed E-state index contributed by atoms with van der Waals surface area (Å²) >= 11 is 0. The molecule has 2 nitrogen and oxygen atoms in total. The van der Waals surface area contributed by atoms with Crippen LogP contribution >= 0.6 is 0 Å². The fraction of sp³-hybridized carbons (Fsp3) is 1.00. The van der Waals surface area contributed by atoms with E-state index in [0.717, 1.165) is 6.54 Å². The smallest absolute Gasteiger partial charge is 0.120 e. The molecule has 2 saturated carbocycles. The van der Waals surface area contributed by atoms with E-state index >= 15 is 0 Å². The van der Waals surface area contributed by atoms with Gasteiger partial charge >= 0.3 is 0 Å². The Kier molecular flexibility index (Phi) is 2.38. The summed E-state index contributed by atoms with van der Waals surface area (Å²) in [4.78, 5) is 0. The van der Waals surface area contributed by atoms with Crippen LogP contribution in [0.3, 0.4) is 0 Å². The van der Waals surface area contributed by atoms with Crippen LogP contribution in [0.2, 0.25) is 0 Å². The summed E-state index contributed by atoms with van der Waals surface area (Å²) in [6, 6.07) is 0. The highest BCUT2D eigenvalue weighted by molar-refractivity contribution is 5.01. The first-order valence-electron chi connectivity index (χ1n) is 6.99. The van der Waals surface area contributed by atoms with Gasteiger partial charge in [0.15, 0.2) is 0 Å². The molecule has 0 aromatic heterocycles. The Balaban J connectivity index is 1.76. The molecule has 2 heteroatoms. The molecule has 3 rings (SSSR count). The summed E-state index contributed by atoms with van der Waals surface area (Å²) in [5.41, 5.74) is 0.757. The van der Waals surface area contributed by atoms with Gasteiger partial charge in [0.1, 0.15) is 5.72 Å². The molecule has 1 heterocycles. The van der Waals surface area contributed by atoms with Gasteiger partial charge in [-0.25, -0.2) is 0 Å². The van der Waals surface area contributed by atoms with Crippen molar-refractivity contribution < 1.29 is 4.74 Å². The third kappa shape index (κ3) is 1.80. The van der Waals surface area contributed by atoms with E-state index in [1.165, 1.54) is 51.4 Å². The molecule has 92 valence electrons. The molecule has 1 atom stereocenters. The van der Waals surface area contributed by atoms with E-state index in [0.29, 0.717) is 5.41 Å². The topological polar surface area (TPSA) is 21.3 Å². The van der Waals surface area contributed by atoms with Gasteiger partial charge in [-0.15, -0.1) is 0 Å². The Morgan fingerprint density at radius 2 is 1.69 bits per heavy atom. The van der Waals surface area contributed by atoms with Crippen molar-refractivity contribution in [2.75, 3.05) is 6.54 Å². The highest BCUT2D eigenvalue weighted by Gasteiger charge is 2.51. The summed E-state index contributed by atoms with van der Waals surface area (Å²) in [7, 11) is 0. The number of hydrogen-bond donors (Lipinski definition) is 1. The van der Waals surface area contributed by atoms with Crippen LogP contribution in [0, 0.1) is 5.41 Å². The quantitative estimate of drug-likeness (QED) is 0.681. The van der Waals surface area contributed by atoms with E-state index in [1.54, 1.807) is 0 Å². The number of hydrogen-bond acceptors (Lipinski definition) is 2. The lowest BCUT2D eigenvalue weighted by Crippen LogP contribution is -2.64. The van der Waals surface area contributed by atoms with Crippen LogP contribution in [0.4, 0.5) is 0 Å². The normalized spacial score (nSPS) is 40.9. The molecule has 1 saturated heterocycles. The lowest BCUT2D eigenvalue weighted by atomic mass is 9.70. The van der Waals surface area contributed by atoms with E-state index in [9.17, 15) is 0 Å². The Morgan fingerprint density at radius 3 is 2.31 bits per heavy atom. The van der Waals surface area contributed by atoms with Crippen LogP contribution in [0.1, 0.15) is 65.2 Å². The second-order valence-electron chi connectivity index (χ2n) is 7.00. The highest BCUT2D eigenvalue weighted by atomic mass is 16.5. The summed E-state index contributed by atoms with van der Waals surface area (Å²) in [6.45, 7) is 5.94. The molecule has 2 aliphatic carbocycles. The maximum absolute atomic E-state index is 6.56. The SMILES string of the molecule is CC1(C)CCCC2(C1)NCCC1(CCC1)O2. The molecule has 3 aliphatic rings. The average Bonchev–Trinajstić information content (AvgIpc) is 2.13. The van der Waals surface area contributed by atoms with Crippen molar-refractivity contribution in [2.24, 2.45) is 5.41 Å². The maximum atomic E-state index is 6.56. The van der Waals surface area contributed by atoms with Crippen LogP contribution in [-0.2, 0) is 4.74 Å². The van der Waals surface area contributed by atoms with Gasteiger partial charge < -0.3 is 4.74 Å². The molecule has 1 N–H and O–H groups in total. The van der Waals surface area contributed by atoms with Gasteiger partial charge in [0.05, 0.1) is 5.60 Å².